The lowest BCUT2D eigenvalue weighted by molar-refractivity contribution is 0.101. The zero-order chi connectivity index (χ0) is 15.0. The van der Waals surface area contributed by atoms with Crippen molar-refractivity contribution in [2.75, 3.05) is 12.8 Å². The number of benzene rings is 1. The van der Waals surface area contributed by atoms with Crippen molar-refractivity contribution in [3.05, 3.63) is 53.3 Å². The molecule has 2 N–H and O–H groups in total. The van der Waals surface area contributed by atoms with Gasteiger partial charge in [-0.1, -0.05) is 30.3 Å². The van der Waals surface area contributed by atoms with E-state index in [4.69, 9.17) is 14.9 Å². The van der Waals surface area contributed by atoms with E-state index < -0.39 is 0 Å². The smallest absolute Gasteiger partial charge is 0.232 e. The van der Waals surface area contributed by atoms with Crippen molar-refractivity contribution < 1.29 is 13.9 Å². The van der Waals surface area contributed by atoms with Gasteiger partial charge in [0.25, 0.3) is 0 Å². The summed E-state index contributed by atoms with van der Waals surface area (Å²) in [5.41, 5.74) is 8.07. The predicted octanol–water partition coefficient (Wildman–Crippen LogP) is 2.96. The summed E-state index contributed by atoms with van der Waals surface area (Å²) in [6.07, 6.45) is 0. The summed E-state index contributed by atoms with van der Waals surface area (Å²) in [6, 6.07) is 10.6. The number of ketones is 1. The number of pyridine rings is 1. The van der Waals surface area contributed by atoms with E-state index in [0.717, 1.165) is 5.56 Å². The number of aryl methyl sites for hydroxylation is 1. The van der Waals surface area contributed by atoms with Crippen LogP contribution in [0.15, 0.2) is 40.8 Å². The van der Waals surface area contributed by atoms with Gasteiger partial charge < -0.3 is 14.9 Å². The molecule has 0 aliphatic heterocycles. The highest BCUT2D eigenvalue weighted by Crippen LogP contribution is 2.33. The van der Waals surface area contributed by atoms with E-state index in [1.54, 1.807) is 30.3 Å². The number of nitrogen functional groups attached to an aromatic ring is 1. The van der Waals surface area contributed by atoms with Gasteiger partial charge in [-0.15, -0.1) is 0 Å². The SMILES string of the molecule is COc1cc(C)c2c(N)c(C(=O)c3ccccc3)oc2n1. The normalized spacial score (nSPS) is 10.8. The average Bonchev–Trinajstić information content (AvgIpc) is 2.84. The second-order valence-electron chi connectivity index (χ2n) is 4.70. The molecule has 0 spiro atoms. The first-order valence-corrected chi connectivity index (χ1v) is 6.45. The highest BCUT2D eigenvalue weighted by atomic mass is 16.5. The number of carbonyl (C=O) groups excluding carboxylic acids is 1. The first-order valence-electron chi connectivity index (χ1n) is 6.45. The van der Waals surface area contributed by atoms with Gasteiger partial charge in [-0.2, -0.15) is 4.98 Å². The highest BCUT2D eigenvalue weighted by Gasteiger charge is 2.22. The Balaban J connectivity index is 2.18. The van der Waals surface area contributed by atoms with Gasteiger partial charge in [0, 0.05) is 11.6 Å². The number of ether oxygens (including phenoxy) is 1. The van der Waals surface area contributed by atoms with Gasteiger partial charge in [0.2, 0.25) is 23.1 Å². The Labute approximate surface area is 121 Å². The number of hydrogen-bond acceptors (Lipinski definition) is 5. The Morgan fingerprint density at radius 3 is 2.67 bits per heavy atom. The molecule has 0 atom stereocenters. The number of hydrogen-bond donors (Lipinski definition) is 1. The average molecular weight is 282 g/mol. The third-order valence-corrected chi connectivity index (χ3v) is 3.32. The summed E-state index contributed by atoms with van der Waals surface area (Å²) >= 11 is 0. The standard InChI is InChI=1S/C16H14N2O3/c1-9-8-11(20-2)18-16-12(9)13(17)15(21-16)14(19)10-6-4-3-5-7-10/h3-8H,17H2,1-2H3. The zero-order valence-electron chi connectivity index (χ0n) is 11.7. The molecule has 0 fully saturated rings. The van der Waals surface area contributed by atoms with E-state index in [2.05, 4.69) is 4.98 Å². The van der Waals surface area contributed by atoms with Crippen molar-refractivity contribution in [1.29, 1.82) is 0 Å². The topological polar surface area (TPSA) is 78.4 Å². The maximum absolute atomic E-state index is 12.5. The summed E-state index contributed by atoms with van der Waals surface area (Å²) in [5, 5.41) is 0.648. The maximum Gasteiger partial charge on any atom is 0.232 e. The molecule has 0 aliphatic rings. The van der Waals surface area contributed by atoms with E-state index in [-0.39, 0.29) is 11.5 Å². The van der Waals surface area contributed by atoms with Gasteiger partial charge in [-0.05, 0) is 12.5 Å². The second kappa shape index (κ2) is 4.94. The van der Waals surface area contributed by atoms with Crippen molar-refractivity contribution in [1.82, 2.24) is 4.98 Å². The van der Waals surface area contributed by atoms with Gasteiger partial charge in [0.15, 0.2) is 0 Å². The van der Waals surface area contributed by atoms with Gasteiger partial charge in [0.05, 0.1) is 18.2 Å². The van der Waals surface area contributed by atoms with Crippen molar-refractivity contribution in [2.45, 2.75) is 6.92 Å². The summed E-state index contributed by atoms with van der Waals surface area (Å²) in [5.74, 6) is 0.275. The lowest BCUT2D eigenvalue weighted by atomic mass is 10.1. The molecule has 21 heavy (non-hydrogen) atoms. The number of anilines is 1. The number of nitrogens with zero attached hydrogens (tertiary/aromatic N) is 1. The van der Waals surface area contributed by atoms with E-state index in [1.165, 1.54) is 7.11 Å². The molecule has 0 saturated heterocycles. The molecule has 0 aliphatic carbocycles. The first kappa shape index (κ1) is 13.2. The molecule has 0 amide bonds. The molecule has 106 valence electrons. The van der Waals surface area contributed by atoms with E-state index in [9.17, 15) is 4.79 Å². The van der Waals surface area contributed by atoms with Crippen LogP contribution >= 0.6 is 0 Å². The van der Waals surface area contributed by atoms with Crippen LogP contribution in [0.2, 0.25) is 0 Å². The number of fused-ring (bicyclic) bond motifs is 1. The Morgan fingerprint density at radius 2 is 2.00 bits per heavy atom. The Kier molecular flexibility index (Phi) is 3.10. The van der Waals surface area contributed by atoms with Crippen LogP contribution in [0.3, 0.4) is 0 Å². The minimum atomic E-state index is -0.260. The van der Waals surface area contributed by atoms with Crippen LogP contribution < -0.4 is 10.5 Å². The van der Waals surface area contributed by atoms with Crippen LogP contribution in [0.25, 0.3) is 11.1 Å². The van der Waals surface area contributed by atoms with Crippen molar-refractivity contribution >= 4 is 22.6 Å². The maximum atomic E-state index is 12.5. The number of rotatable bonds is 3. The molecule has 0 saturated carbocycles. The van der Waals surface area contributed by atoms with Crippen molar-refractivity contribution in [3.63, 3.8) is 0 Å². The number of furan rings is 1. The molecule has 5 heteroatoms. The quantitative estimate of drug-likeness (QED) is 0.747. The van der Waals surface area contributed by atoms with Crippen LogP contribution in [-0.4, -0.2) is 17.9 Å². The number of aromatic nitrogens is 1. The lowest BCUT2D eigenvalue weighted by Crippen LogP contribution is -2.02. The highest BCUT2D eigenvalue weighted by molar-refractivity contribution is 6.14. The van der Waals surface area contributed by atoms with Crippen LogP contribution in [0.5, 0.6) is 5.88 Å². The molecule has 2 aromatic heterocycles. The Morgan fingerprint density at radius 1 is 1.29 bits per heavy atom. The molecule has 5 nitrogen and oxygen atoms in total. The fraction of sp³-hybridized carbons (Fsp3) is 0.125. The van der Waals surface area contributed by atoms with Crippen LogP contribution in [-0.2, 0) is 0 Å². The monoisotopic (exact) mass is 282 g/mol. The van der Waals surface area contributed by atoms with Crippen LogP contribution in [0.4, 0.5) is 5.69 Å². The minimum Gasteiger partial charge on any atom is -0.481 e. The van der Waals surface area contributed by atoms with Crippen LogP contribution in [0.1, 0.15) is 21.7 Å². The third-order valence-electron chi connectivity index (χ3n) is 3.32. The van der Waals surface area contributed by atoms with Gasteiger partial charge in [0.1, 0.15) is 0 Å². The molecule has 0 radical (unpaired) electrons. The summed E-state index contributed by atoms with van der Waals surface area (Å²) in [4.78, 5) is 16.7. The van der Waals surface area contributed by atoms with Gasteiger partial charge >= 0.3 is 0 Å². The molecule has 1 aromatic carbocycles. The Hall–Kier alpha value is -2.82. The van der Waals surface area contributed by atoms with Gasteiger partial charge in [-0.25, -0.2) is 0 Å². The predicted molar refractivity (Wildman–Crippen MR) is 79.6 cm³/mol. The number of methoxy groups -OCH3 is 1. The molecule has 2 heterocycles. The third kappa shape index (κ3) is 2.12. The number of carbonyl (C=O) groups is 1. The Bertz CT molecular complexity index is 822. The van der Waals surface area contributed by atoms with E-state index in [0.29, 0.717) is 28.2 Å². The number of nitrogens with two attached hydrogens (primary N) is 1. The molecule has 3 aromatic rings. The summed E-state index contributed by atoms with van der Waals surface area (Å²) in [6.45, 7) is 1.87. The molecule has 0 bridgehead atoms. The summed E-state index contributed by atoms with van der Waals surface area (Å²) < 4.78 is 10.7. The van der Waals surface area contributed by atoms with Gasteiger partial charge in [-0.3, -0.25) is 4.79 Å². The minimum absolute atomic E-state index is 0.111. The van der Waals surface area contributed by atoms with Crippen molar-refractivity contribution in [3.8, 4) is 5.88 Å². The van der Waals surface area contributed by atoms with Crippen LogP contribution in [0, 0.1) is 6.92 Å². The second-order valence-corrected chi connectivity index (χ2v) is 4.70. The molecule has 0 unspecified atom stereocenters. The fourth-order valence-corrected chi connectivity index (χ4v) is 2.27. The zero-order valence-corrected chi connectivity index (χ0v) is 11.7. The van der Waals surface area contributed by atoms with Crippen molar-refractivity contribution in [2.24, 2.45) is 0 Å². The lowest BCUT2D eigenvalue weighted by Gasteiger charge is -2.00. The first-order chi connectivity index (χ1) is 10.1. The molecular formula is C16H14N2O3. The largest absolute Gasteiger partial charge is 0.481 e. The molecule has 3 rings (SSSR count). The molecular weight excluding hydrogens is 268 g/mol. The van der Waals surface area contributed by atoms with E-state index >= 15 is 0 Å². The van der Waals surface area contributed by atoms with E-state index in [1.807, 2.05) is 13.0 Å². The fourth-order valence-electron chi connectivity index (χ4n) is 2.27. The summed E-state index contributed by atoms with van der Waals surface area (Å²) in [7, 11) is 1.52.